The van der Waals surface area contributed by atoms with E-state index in [1.54, 1.807) is 28.4 Å². The first kappa shape index (κ1) is 23.1. The molecule has 0 saturated carbocycles. The van der Waals surface area contributed by atoms with Gasteiger partial charge in [-0.05, 0) is 66.8 Å². The number of carbonyl (C=O) groups excluding carboxylic acids is 2. The molecule has 1 N–H and O–H groups in total. The third kappa shape index (κ3) is 4.30. The maximum atomic E-state index is 13.8. The molecule has 2 amide bonds. The number of thiophene rings is 1. The molecule has 0 radical (unpaired) electrons. The minimum atomic E-state index is -1.13. The highest BCUT2D eigenvalue weighted by Crippen LogP contribution is 2.35. The number of nitrogens with zero attached hydrogens (tertiary/aromatic N) is 2. The molecule has 4 aromatic rings. The molecule has 0 fully saturated rings. The van der Waals surface area contributed by atoms with Crippen molar-refractivity contribution in [1.82, 2.24) is 14.8 Å². The number of amides is 2. The predicted octanol–water partition coefficient (Wildman–Crippen LogP) is 4.97. The van der Waals surface area contributed by atoms with Crippen LogP contribution in [0.3, 0.4) is 0 Å². The Balaban J connectivity index is 1.47. The second-order valence-electron chi connectivity index (χ2n) is 8.85. The lowest BCUT2D eigenvalue weighted by Gasteiger charge is -2.44. The number of carbonyl (C=O) groups is 2. The van der Waals surface area contributed by atoms with Gasteiger partial charge in [-0.15, -0.1) is 11.3 Å². The molecule has 0 spiro atoms. The Labute approximate surface area is 206 Å². The number of rotatable bonds is 7. The number of aromatic nitrogens is 1. The Morgan fingerprint density at radius 1 is 1.11 bits per heavy atom. The van der Waals surface area contributed by atoms with E-state index in [9.17, 15) is 14.0 Å². The maximum absolute atomic E-state index is 13.8. The molecule has 180 valence electrons. The van der Waals surface area contributed by atoms with Crippen molar-refractivity contribution in [2.45, 2.75) is 39.0 Å². The van der Waals surface area contributed by atoms with Gasteiger partial charge >= 0.3 is 0 Å². The minimum Gasteiger partial charge on any atom is -0.494 e. The summed E-state index contributed by atoms with van der Waals surface area (Å²) in [7, 11) is 0. The molecule has 8 heteroatoms. The summed E-state index contributed by atoms with van der Waals surface area (Å²) in [6.45, 7) is 5.17. The first-order valence-corrected chi connectivity index (χ1v) is 12.4. The van der Waals surface area contributed by atoms with Crippen LogP contribution in [0.15, 0.2) is 66.0 Å². The van der Waals surface area contributed by atoms with Crippen LogP contribution in [0.25, 0.3) is 10.2 Å². The van der Waals surface area contributed by atoms with Crippen molar-refractivity contribution in [2.75, 3.05) is 6.61 Å². The normalized spacial score (nSPS) is 17.5. The molecule has 5 rings (SSSR count). The molecular formula is C27H26FN3O3S. The van der Waals surface area contributed by atoms with E-state index in [1.165, 1.54) is 12.1 Å². The van der Waals surface area contributed by atoms with E-state index in [4.69, 9.17) is 4.74 Å². The Morgan fingerprint density at radius 2 is 1.83 bits per heavy atom. The fraction of sp³-hybridized carbons (Fsp3) is 0.259. The van der Waals surface area contributed by atoms with Gasteiger partial charge in [0.1, 0.15) is 27.6 Å². The van der Waals surface area contributed by atoms with Crippen LogP contribution < -0.4 is 10.1 Å². The molecule has 2 aromatic heterocycles. The molecule has 1 aliphatic heterocycles. The van der Waals surface area contributed by atoms with Crippen molar-refractivity contribution in [2.24, 2.45) is 0 Å². The fourth-order valence-corrected chi connectivity index (χ4v) is 5.42. The Bertz CT molecular complexity index is 1380. The summed E-state index contributed by atoms with van der Waals surface area (Å²) < 4.78 is 20.8. The molecule has 2 aromatic carbocycles. The van der Waals surface area contributed by atoms with Crippen LogP contribution in [-0.4, -0.2) is 33.4 Å². The van der Waals surface area contributed by atoms with E-state index in [-0.39, 0.29) is 30.7 Å². The summed E-state index contributed by atoms with van der Waals surface area (Å²) >= 11 is 1.56. The van der Waals surface area contributed by atoms with Crippen molar-refractivity contribution >= 4 is 33.4 Å². The van der Waals surface area contributed by atoms with Crippen LogP contribution in [0, 0.1) is 5.82 Å². The number of fused-ring (bicyclic) bond motifs is 3. The topological polar surface area (TPSA) is 63.6 Å². The zero-order chi connectivity index (χ0) is 24.6. The van der Waals surface area contributed by atoms with Gasteiger partial charge in [-0.2, -0.15) is 0 Å². The third-order valence-corrected chi connectivity index (χ3v) is 7.41. The summed E-state index contributed by atoms with van der Waals surface area (Å²) in [4.78, 5) is 30.0. The van der Waals surface area contributed by atoms with E-state index in [1.807, 2.05) is 60.2 Å². The second kappa shape index (κ2) is 9.19. The lowest BCUT2D eigenvalue weighted by molar-refractivity contribution is -0.133. The number of hydrogen-bond donors (Lipinski definition) is 1. The molecular weight excluding hydrogens is 465 g/mol. The number of benzene rings is 2. The van der Waals surface area contributed by atoms with Crippen LogP contribution in [0.4, 0.5) is 4.39 Å². The zero-order valence-corrected chi connectivity index (χ0v) is 20.4. The summed E-state index contributed by atoms with van der Waals surface area (Å²) in [5, 5.41) is 5.95. The summed E-state index contributed by atoms with van der Waals surface area (Å²) in [5.41, 5.74) is 1.15. The van der Waals surface area contributed by atoms with Crippen LogP contribution in [-0.2, 0) is 24.4 Å². The maximum Gasteiger partial charge on any atom is 0.271 e. The van der Waals surface area contributed by atoms with Gasteiger partial charge < -0.3 is 19.5 Å². The molecule has 1 unspecified atom stereocenters. The van der Waals surface area contributed by atoms with Crippen molar-refractivity contribution < 1.29 is 18.7 Å². The van der Waals surface area contributed by atoms with Crippen LogP contribution in [0.5, 0.6) is 5.75 Å². The van der Waals surface area contributed by atoms with Crippen molar-refractivity contribution in [1.29, 1.82) is 0 Å². The zero-order valence-electron chi connectivity index (χ0n) is 19.6. The number of hydrogen-bond acceptors (Lipinski definition) is 4. The van der Waals surface area contributed by atoms with Crippen molar-refractivity contribution in [3.63, 3.8) is 0 Å². The van der Waals surface area contributed by atoms with Gasteiger partial charge in [0.05, 0.1) is 13.2 Å². The van der Waals surface area contributed by atoms with E-state index in [0.29, 0.717) is 18.8 Å². The van der Waals surface area contributed by atoms with Gasteiger partial charge in [-0.1, -0.05) is 24.3 Å². The fourth-order valence-electron chi connectivity index (χ4n) is 4.52. The van der Waals surface area contributed by atoms with E-state index >= 15 is 0 Å². The van der Waals surface area contributed by atoms with Crippen LogP contribution in [0.2, 0.25) is 0 Å². The van der Waals surface area contributed by atoms with E-state index in [2.05, 4.69) is 5.32 Å². The van der Waals surface area contributed by atoms with Crippen molar-refractivity contribution in [3.8, 4) is 5.75 Å². The highest BCUT2D eigenvalue weighted by molar-refractivity contribution is 7.16. The lowest BCUT2D eigenvalue weighted by Crippen LogP contribution is -2.63. The quantitative estimate of drug-likeness (QED) is 0.397. The number of halogens is 1. The Kier molecular flexibility index (Phi) is 6.06. The largest absolute Gasteiger partial charge is 0.494 e. The molecule has 1 aliphatic rings. The molecule has 0 saturated heterocycles. The van der Waals surface area contributed by atoms with E-state index in [0.717, 1.165) is 27.1 Å². The first-order chi connectivity index (χ1) is 16.9. The van der Waals surface area contributed by atoms with Crippen LogP contribution in [0.1, 0.15) is 35.5 Å². The summed E-state index contributed by atoms with van der Waals surface area (Å²) in [6, 6.07) is 17.5. The third-order valence-electron chi connectivity index (χ3n) is 6.46. The van der Waals surface area contributed by atoms with Gasteiger partial charge in [0, 0.05) is 18.5 Å². The van der Waals surface area contributed by atoms with Gasteiger partial charge in [-0.25, -0.2) is 4.39 Å². The van der Waals surface area contributed by atoms with E-state index < -0.39 is 5.54 Å². The Hall–Kier alpha value is -3.65. The van der Waals surface area contributed by atoms with Gasteiger partial charge in [-0.3, -0.25) is 9.59 Å². The van der Waals surface area contributed by atoms with Gasteiger partial charge in [0.2, 0.25) is 5.91 Å². The molecule has 3 heterocycles. The predicted molar refractivity (Wildman–Crippen MR) is 134 cm³/mol. The smallest absolute Gasteiger partial charge is 0.271 e. The SMILES string of the molecule is CCOc1ccc(CN2C(=O)c3cc4ccsc4n3CC2(C)C(=O)NCc2ccc(F)cc2)cc1. The Morgan fingerprint density at radius 3 is 2.54 bits per heavy atom. The summed E-state index contributed by atoms with van der Waals surface area (Å²) in [5.74, 6) is -0.0141. The second-order valence-corrected chi connectivity index (χ2v) is 9.74. The minimum absolute atomic E-state index is 0.187. The highest BCUT2D eigenvalue weighted by Gasteiger charge is 2.47. The lowest BCUT2D eigenvalue weighted by atomic mass is 9.93. The summed E-state index contributed by atoms with van der Waals surface area (Å²) in [6.07, 6.45) is 0. The highest BCUT2D eigenvalue weighted by atomic mass is 32.1. The first-order valence-electron chi connectivity index (χ1n) is 11.5. The molecule has 0 bridgehead atoms. The number of ether oxygens (including phenoxy) is 1. The van der Waals surface area contributed by atoms with Crippen molar-refractivity contribution in [3.05, 3.63) is 88.7 Å². The molecule has 6 nitrogen and oxygen atoms in total. The molecule has 35 heavy (non-hydrogen) atoms. The van der Waals surface area contributed by atoms with Crippen LogP contribution >= 0.6 is 11.3 Å². The molecule has 0 aliphatic carbocycles. The average molecular weight is 492 g/mol. The van der Waals surface area contributed by atoms with Gasteiger partial charge in [0.15, 0.2) is 0 Å². The monoisotopic (exact) mass is 491 g/mol. The molecule has 1 atom stereocenters. The standard InChI is InChI=1S/C27H26FN3O3S/c1-3-34-22-10-6-19(7-11-22)16-31-24(32)23-14-20-12-13-35-25(20)30(23)17-27(31,2)26(33)29-15-18-4-8-21(28)9-5-18/h4-14H,3,15-17H2,1-2H3,(H,29,33). The average Bonchev–Trinajstić information content (AvgIpc) is 3.45. The number of nitrogens with one attached hydrogen (secondary N) is 1. The van der Waals surface area contributed by atoms with Gasteiger partial charge in [0.25, 0.3) is 5.91 Å².